The van der Waals surface area contributed by atoms with E-state index in [-0.39, 0.29) is 42.3 Å². The Morgan fingerprint density at radius 1 is 1.21 bits per heavy atom. The monoisotopic (exact) mass is 512 g/mol. The molecule has 0 spiro atoms. The molecule has 154 valence electrons. The maximum atomic E-state index is 13.3. The van der Waals surface area contributed by atoms with Crippen molar-refractivity contribution in [3.05, 3.63) is 53.6 Å². The van der Waals surface area contributed by atoms with E-state index in [9.17, 15) is 17.6 Å². The number of aromatic nitrogens is 2. The zero-order valence-corrected chi connectivity index (χ0v) is 17.6. The minimum absolute atomic E-state index is 0. The summed E-state index contributed by atoms with van der Waals surface area (Å²) in [5.74, 6) is 0.148. The van der Waals surface area contributed by atoms with Crippen molar-refractivity contribution in [2.75, 3.05) is 32.5 Å². The molecule has 11 heteroatoms. The van der Waals surface area contributed by atoms with Gasteiger partial charge in [-0.1, -0.05) is 12.1 Å². The Labute approximate surface area is 177 Å². The van der Waals surface area contributed by atoms with Crippen molar-refractivity contribution in [2.45, 2.75) is 12.7 Å². The summed E-state index contributed by atoms with van der Waals surface area (Å²) in [6.07, 6.45) is -3.46. The normalized spacial score (nSPS) is 11.6. The van der Waals surface area contributed by atoms with Gasteiger partial charge in [-0.2, -0.15) is 13.2 Å². The van der Waals surface area contributed by atoms with Crippen LogP contribution in [0.15, 0.2) is 41.5 Å². The van der Waals surface area contributed by atoms with E-state index in [0.29, 0.717) is 19.0 Å². The van der Waals surface area contributed by atoms with Crippen LogP contribution in [0.25, 0.3) is 0 Å². The average molecular weight is 512 g/mol. The Bertz CT molecular complexity index is 784. The molecule has 0 fully saturated rings. The molecule has 0 radical (unpaired) electrons. The molecule has 2 aromatic rings. The summed E-state index contributed by atoms with van der Waals surface area (Å²) < 4.78 is 51.1. The quantitative estimate of drug-likeness (QED) is 0.204. The van der Waals surface area contributed by atoms with E-state index >= 15 is 0 Å². The van der Waals surface area contributed by atoms with Crippen LogP contribution in [0.1, 0.15) is 11.3 Å². The second-order valence-corrected chi connectivity index (χ2v) is 5.65. The van der Waals surface area contributed by atoms with Crippen molar-refractivity contribution in [3.8, 4) is 0 Å². The van der Waals surface area contributed by atoms with E-state index in [1.807, 2.05) is 0 Å². The van der Waals surface area contributed by atoms with Crippen LogP contribution in [0, 0.1) is 5.82 Å². The van der Waals surface area contributed by atoms with E-state index in [1.54, 1.807) is 31.1 Å². The zero-order valence-electron chi connectivity index (χ0n) is 15.3. The highest BCUT2D eigenvalue weighted by atomic mass is 127. The van der Waals surface area contributed by atoms with E-state index in [2.05, 4.69) is 25.6 Å². The predicted octanol–water partition coefficient (Wildman–Crippen LogP) is 3.37. The van der Waals surface area contributed by atoms with Crippen LogP contribution in [0.2, 0.25) is 0 Å². The number of alkyl halides is 3. The molecule has 0 amide bonds. The van der Waals surface area contributed by atoms with Crippen LogP contribution in [0.3, 0.4) is 0 Å². The van der Waals surface area contributed by atoms with Gasteiger partial charge in [-0.3, -0.25) is 4.99 Å². The Morgan fingerprint density at radius 3 is 2.61 bits per heavy atom. The molecule has 0 unspecified atom stereocenters. The molecule has 1 aromatic carbocycles. The minimum atomic E-state index is -4.51. The topological polar surface area (TPSA) is 65.4 Å². The van der Waals surface area contributed by atoms with Gasteiger partial charge in [-0.05, 0) is 23.8 Å². The van der Waals surface area contributed by atoms with E-state index in [4.69, 9.17) is 0 Å². The van der Waals surface area contributed by atoms with Crippen molar-refractivity contribution in [1.29, 1.82) is 0 Å². The van der Waals surface area contributed by atoms with Crippen molar-refractivity contribution >= 4 is 35.9 Å². The van der Waals surface area contributed by atoms with Crippen molar-refractivity contribution in [1.82, 2.24) is 20.2 Å². The Morgan fingerprint density at radius 2 is 1.96 bits per heavy atom. The molecular formula is C17H21F4IN6. The standard InChI is InChI=1S/C17H20F4N6.HI/c1-22-16(27(2)11-12-4-3-5-13(18)10-12)25-9-8-24-15-23-7-6-14(26-15)17(19,20)21;/h3-7,10H,8-9,11H2,1-2H3,(H,22,25)(H,23,24,26);1H. The van der Waals surface area contributed by atoms with Crippen LogP contribution in [-0.2, 0) is 12.7 Å². The third kappa shape index (κ3) is 7.44. The van der Waals surface area contributed by atoms with Gasteiger partial charge in [0.15, 0.2) is 5.96 Å². The fourth-order valence-corrected chi connectivity index (χ4v) is 2.32. The maximum Gasteiger partial charge on any atom is 0.433 e. The molecule has 1 aromatic heterocycles. The number of halogens is 5. The van der Waals surface area contributed by atoms with Gasteiger partial charge < -0.3 is 15.5 Å². The van der Waals surface area contributed by atoms with Gasteiger partial charge in [-0.25, -0.2) is 14.4 Å². The number of guanidine groups is 1. The summed E-state index contributed by atoms with van der Waals surface area (Å²) >= 11 is 0. The SMILES string of the molecule is CN=C(NCCNc1nccc(C(F)(F)F)n1)N(C)Cc1cccc(F)c1.I. The summed E-state index contributed by atoms with van der Waals surface area (Å²) in [6.45, 7) is 1.11. The molecule has 0 bridgehead atoms. The van der Waals surface area contributed by atoms with Crippen LogP contribution >= 0.6 is 24.0 Å². The first kappa shape index (κ1) is 23.9. The van der Waals surface area contributed by atoms with Crippen molar-refractivity contribution < 1.29 is 17.6 Å². The van der Waals surface area contributed by atoms with Gasteiger partial charge in [0.2, 0.25) is 5.95 Å². The number of nitrogens with one attached hydrogen (secondary N) is 2. The number of benzene rings is 1. The zero-order chi connectivity index (χ0) is 19.9. The lowest BCUT2D eigenvalue weighted by Gasteiger charge is -2.22. The highest BCUT2D eigenvalue weighted by molar-refractivity contribution is 14.0. The van der Waals surface area contributed by atoms with Crippen LogP contribution in [0.5, 0.6) is 0 Å². The molecule has 0 aliphatic heterocycles. The number of hydrogen-bond donors (Lipinski definition) is 2. The molecule has 28 heavy (non-hydrogen) atoms. The van der Waals surface area contributed by atoms with Crippen LogP contribution < -0.4 is 10.6 Å². The first-order valence-corrected chi connectivity index (χ1v) is 8.10. The molecule has 0 saturated heterocycles. The molecule has 1 heterocycles. The summed E-state index contributed by atoms with van der Waals surface area (Å²) in [5.41, 5.74) is -0.213. The maximum absolute atomic E-state index is 13.3. The van der Waals surface area contributed by atoms with E-state index < -0.39 is 11.9 Å². The summed E-state index contributed by atoms with van der Waals surface area (Å²) in [7, 11) is 3.40. The number of anilines is 1. The molecular weight excluding hydrogens is 491 g/mol. The molecule has 0 aliphatic rings. The Balaban J connectivity index is 0.00000392. The first-order chi connectivity index (χ1) is 12.8. The van der Waals surface area contributed by atoms with Gasteiger partial charge in [0.25, 0.3) is 0 Å². The lowest BCUT2D eigenvalue weighted by Crippen LogP contribution is -2.40. The fraction of sp³-hybridized carbons (Fsp3) is 0.353. The Kier molecular flexibility index (Phi) is 9.35. The predicted molar refractivity (Wildman–Crippen MR) is 110 cm³/mol. The highest BCUT2D eigenvalue weighted by Gasteiger charge is 2.32. The first-order valence-electron chi connectivity index (χ1n) is 8.10. The minimum Gasteiger partial charge on any atom is -0.354 e. The lowest BCUT2D eigenvalue weighted by atomic mass is 10.2. The second-order valence-electron chi connectivity index (χ2n) is 5.65. The van der Waals surface area contributed by atoms with Crippen molar-refractivity contribution in [3.63, 3.8) is 0 Å². The summed E-state index contributed by atoms with van der Waals surface area (Å²) in [6, 6.07) is 7.06. The van der Waals surface area contributed by atoms with Gasteiger partial charge in [0.05, 0.1) is 0 Å². The lowest BCUT2D eigenvalue weighted by molar-refractivity contribution is -0.141. The van der Waals surface area contributed by atoms with Gasteiger partial charge in [-0.15, -0.1) is 24.0 Å². The average Bonchev–Trinajstić information content (AvgIpc) is 2.61. The van der Waals surface area contributed by atoms with E-state index in [0.717, 1.165) is 17.8 Å². The molecule has 0 atom stereocenters. The Hall–Kier alpha value is -2.18. The van der Waals surface area contributed by atoms with Crippen LogP contribution in [-0.4, -0.2) is 48.0 Å². The number of rotatable bonds is 6. The second kappa shape index (κ2) is 11.0. The largest absolute Gasteiger partial charge is 0.433 e. The number of aliphatic imine (C=N–C) groups is 1. The van der Waals surface area contributed by atoms with E-state index in [1.165, 1.54) is 12.1 Å². The number of hydrogen-bond acceptors (Lipinski definition) is 4. The smallest absolute Gasteiger partial charge is 0.354 e. The third-order valence-electron chi connectivity index (χ3n) is 3.52. The van der Waals surface area contributed by atoms with Crippen molar-refractivity contribution in [2.24, 2.45) is 4.99 Å². The molecule has 2 N–H and O–H groups in total. The van der Waals surface area contributed by atoms with Crippen LogP contribution in [0.4, 0.5) is 23.5 Å². The molecule has 0 aliphatic carbocycles. The summed E-state index contributed by atoms with van der Waals surface area (Å²) in [5, 5.41) is 5.79. The molecule has 0 saturated carbocycles. The van der Waals surface area contributed by atoms with Gasteiger partial charge >= 0.3 is 6.18 Å². The summed E-state index contributed by atoms with van der Waals surface area (Å²) in [4.78, 5) is 13.1. The fourth-order valence-electron chi connectivity index (χ4n) is 2.32. The highest BCUT2D eigenvalue weighted by Crippen LogP contribution is 2.27. The molecule has 6 nitrogen and oxygen atoms in total. The number of nitrogens with zero attached hydrogens (tertiary/aromatic N) is 4. The molecule has 2 rings (SSSR count). The van der Waals surface area contributed by atoms with Gasteiger partial charge in [0.1, 0.15) is 11.5 Å². The third-order valence-corrected chi connectivity index (χ3v) is 3.52. The van der Waals surface area contributed by atoms with Gasteiger partial charge in [0, 0.05) is 39.9 Å².